The lowest BCUT2D eigenvalue weighted by molar-refractivity contribution is -0.142. The molecule has 8 nitrogen and oxygen atoms in total. The van der Waals surface area contributed by atoms with Gasteiger partial charge in [0.15, 0.2) is 17.0 Å². The van der Waals surface area contributed by atoms with Crippen molar-refractivity contribution in [1.82, 2.24) is 5.32 Å². The summed E-state index contributed by atoms with van der Waals surface area (Å²) in [6, 6.07) is 9.48. The van der Waals surface area contributed by atoms with Gasteiger partial charge in [-0.25, -0.2) is 4.79 Å². The third-order valence-electron chi connectivity index (χ3n) is 2.93. The van der Waals surface area contributed by atoms with Gasteiger partial charge in [0.05, 0.1) is 13.7 Å². The van der Waals surface area contributed by atoms with E-state index < -0.39 is 17.8 Å². The Hall–Kier alpha value is -2.81. The van der Waals surface area contributed by atoms with Crippen molar-refractivity contribution >= 4 is 39.4 Å². The van der Waals surface area contributed by atoms with Crippen molar-refractivity contribution in [2.75, 3.05) is 25.6 Å². The zero-order valence-corrected chi connectivity index (χ0v) is 14.8. The largest absolute Gasteiger partial charge is 0.482 e. The van der Waals surface area contributed by atoms with E-state index in [9.17, 15) is 14.4 Å². The van der Waals surface area contributed by atoms with Gasteiger partial charge >= 0.3 is 5.97 Å². The number of carbonyl (C=O) groups excluding carboxylic acids is 3. The molecule has 2 rings (SSSR count). The highest BCUT2D eigenvalue weighted by molar-refractivity contribution is 9.10. The van der Waals surface area contributed by atoms with Crippen LogP contribution in [-0.2, 0) is 14.3 Å². The molecule has 0 bridgehead atoms. The third kappa shape index (κ3) is 5.96. The van der Waals surface area contributed by atoms with Crippen LogP contribution < -0.4 is 15.4 Å². The van der Waals surface area contributed by atoms with Crippen LogP contribution in [0.1, 0.15) is 10.6 Å². The smallest absolute Gasteiger partial charge is 0.343 e. The summed E-state index contributed by atoms with van der Waals surface area (Å²) >= 11 is 3.09. The number of halogens is 1. The first-order valence-electron chi connectivity index (χ1n) is 7.11. The van der Waals surface area contributed by atoms with Crippen molar-refractivity contribution in [3.63, 3.8) is 0 Å². The lowest BCUT2D eigenvalue weighted by atomic mass is 10.3. The Bertz CT molecular complexity index is 756. The fraction of sp³-hybridized carbons (Fsp3) is 0.188. The summed E-state index contributed by atoms with van der Waals surface area (Å²) in [6.07, 6.45) is 0. The summed E-state index contributed by atoms with van der Waals surface area (Å²) in [4.78, 5) is 34.6. The van der Waals surface area contributed by atoms with E-state index in [1.54, 1.807) is 30.3 Å². The summed E-state index contributed by atoms with van der Waals surface area (Å²) in [5, 5.41) is 5.06. The first-order valence-corrected chi connectivity index (χ1v) is 7.90. The average molecular weight is 411 g/mol. The number of ether oxygens (including phenoxy) is 2. The number of esters is 1. The van der Waals surface area contributed by atoms with Crippen molar-refractivity contribution in [3.8, 4) is 5.75 Å². The molecule has 2 amide bonds. The second kappa shape index (κ2) is 8.88. The maximum absolute atomic E-state index is 11.8. The molecule has 0 spiro atoms. The Kier molecular flexibility index (Phi) is 6.58. The van der Waals surface area contributed by atoms with Crippen molar-refractivity contribution in [3.05, 3.63) is 46.8 Å². The number of methoxy groups -OCH3 is 1. The topological polar surface area (TPSA) is 107 Å². The van der Waals surface area contributed by atoms with Gasteiger partial charge in [0.25, 0.3) is 5.91 Å². The van der Waals surface area contributed by atoms with Gasteiger partial charge in [0.2, 0.25) is 5.91 Å². The summed E-state index contributed by atoms with van der Waals surface area (Å²) in [6.45, 7) is -0.408. The molecule has 0 aliphatic heterocycles. The molecular weight excluding hydrogens is 396 g/mol. The second-order valence-corrected chi connectivity index (χ2v) is 5.51. The molecule has 0 fully saturated rings. The molecule has 0 radical (unpaired) electrons. The summed E-state index contributed by atoms with van der Waals surface area (Å²) in [5.41, 5.74) is 0.519. The van der Waals surface area contributed by atoms with E-state index in [0.29, 0.717) is 16.1 Å². The van der Waals surface area contributed by atoms with Crippen molar-refractivity contribution in [2.45, 2.75) is 0 Å². The zero-order chi connectivity index (χ0) is 18.2. The van der Waals surface area contributed by atoms with Gasteiger partial charge in [0, 0.05) is 5.69 Å². The predicted molar refractivity (Wildman–Crippen MR) is 91.3 cm³/mol. The van der Waals surface area contributed by atoms with E-state index in [4.69, 9.17) is 9.15 Å². The normalized spacial score (nSPS) is 10.0. The van der Waals surface area contributed by atoms with Crippen molar-refractivity contribution in [2.24, 2.45) is 0 Å². The molecule has 0 unspecified atom stereocenters. The van der Waals surface area contributed by atoms with Crippen molar-refractivity contribution < 1.29 is 28.3 Å². The van der Waals surface area contributed by atoms with Gasteiger partial charge in [-0.15, -0.1) is 0 Å². The maximum Gasteiger partial charge on any atom is 0.343 e. The number of amides is 2. The quantitative estimate of drug-likeness (QED) is 0.675. The number of hydrogen-bond donors (Lipinski definition) is 2. The molecule has 25 heavy (non-hydrogen) atoms. The van der Waals surface area contributed by atoms with Crippen LogP contribution in [-0.4, -0.2) is 38.0 Å². The number of carbonyl (C=O) groups is 3. The molecule has 2 N–H and O–H groups in total. The summed E-state index contributed by atoms with van der Waals surface area (Å²) in [5.74, 6) is -0.821. The van der Waals surface area contributed by atoms with Crippen LogP contribution in [0.5, 0.6) is 5.75 Å². The molecule has 2 aromatic rings. The molecule has 9 heteroatoms. The highest BCUT2D eigenvalue weighted by atomic mass is 79.9. The van der Waals surface area contributed by atoms with E-state index in [0.717, 1.165) is 0 Å². The Balaban J connectivity index is 1.78. The van der Waals surface area contributed by atoms with E-state index in [-0.39, 0.29) is 18.9 Å². The van der Waals surface area contributed by atoms with Crippen LogP contribution in [0.15, 0.2) is 45.5 Å². The van der Waals surface area contributed by atoms with E-state index in [1.165, 1.54) is 13.2 Å². The van der Waals surface area contributed by atoms with E-state index >= 15 is 0 Å². The average Bonchev–Trinajstić information content (AvgIpc) is 3.05. The van der Waals surface area contributed by atoms with Crippen LogP contribution in [0.3, 0.4) is 0 Å². The van der Waals surface area contributed by atoms with Gasteiger partial charge in [-0.05, 0) is 52.3 Å². The monoisotopic (exact) mass is 410 g/mol. The Morgan fingerprint density at radius 3 is 2.44 bits per heavy atom. The highest BCUT2D eigenvalue weighted by Crippen LogP contribution is 2.16. The summed E-state index contributed by atoms with van der Waals surface area (Å²) < 4.78 is 15.2. The summed E-state index contributed by atoms with van der Waals surface area (Å²) in [7, 11) is 1.27. The first kappa shape index (κ1) is 18.5. The molecule has 1 aromatic heterocycles. The zero-order valence-electron chi connectivity index (χ0n) is 13.2. The fourth-order valence-corrected chi connectivity index (χ4v) is 2.03. The Morgan fingerprint density at radius 2 is 1.84 bits per heavy atom. The number of rotatable bonds is 7. The van der Waals surface area contributed by atoms with Gasteiger partial charge in [-0.1, -0.05) is 0 Å². The standard InChI is InChI=1S/C16H15BrN2O6/c1-23-15(21)9-24-11-4-2-10(3-5-11)19-14(20)8-18-16(22)12-6-7-13(17)25-12/h2-7H,8-9H2,1H3,(H,18,22)(H,19,20). The second-order valence-electron chi connectivity index (χ2n) is 4.72. The molecule has 0 saturated carbocycles. The lowest BCUT2D eigenvalue weighted by Gasteiger charge is -2.08. The third-order valence-corrected chi connectivity index (χ3v) is 3.36. The Morgan fingerprint density at radius 1 is 1.12 bits per heavy atom. The van der Waals surface area contributed by atoms with Gasteiger partial charge in [-0.2, -0.15) is 0 Å². The number of furan rings is 1. The van der Waals surface area contributed by atoms with E-state index in [2.05, 4.69) is 31.3 Å². The van der Waals surface area contributed by atoms with E-state index in [1.807, 2.05) is 0 Å². The maximum atomic E-state index is 11.8. The molecule has 1 heterocycles. The Labute approximate surface area is 151 Å². The highest BCUT2D eigenvalue weighted by Gasteiger charge is 2.12. The van der Waals surface area contributed by atoms with Crippen LogP contribution >= 0.6 is 15.9 Å². The minimum absolute atomic E-state index is 0.104. The SMILES string of the molecule is COC(=O)COc1ccc(NC(=O)CNC(=O)c2ccc(Br)o2)cc1. The minimum atomic E-state index is -0.493. The lowest BCUT2D eigenvalue weighted by Crippen LogP contribution is -2.32. The molecule has 0 atom stereocenters. The first-order chi connectivity index (χ1) is 12.0. The molecule has 132 valence electrons. The number of hydrogen-bond acceptors (Lipinski definition) is 6. The number of benzene rings is 1. The number of nitrogens with one attached hydrogen (secondary N) is 2. The van der Waals surface area contributed by atoms with Gasteiger partial charge in [-0.3, -0.25) is 9.59 Å². The molecule has 1 aromatic carbocycles. The molecule has 0 aliphatic carbocycles. The van der Waals surface area contributed by atoms with Crippen molar-refractivity contribution in [1.29, 1.82) is 0 Å². The van der Waals surface area contributed by atoms with Crippen LogP contribution in [0.25, 0.3) is 0 Å². The minimum Gasteiger partial charge on any atom is -0.482 e. The predicted octanol–water partition coefficient (Wildman–Crippen LogP) is 1.96. The fourth-order valence-electron chi connectivity index (χ4n) is 1.72. The van der Waals surface area contributed by atoms with Gasteiger partial charge in [0.1, 0.15) is 5.75 Å². The van der Waals surface area contributed by atoms with Crippen LogP contribution in [0.2, 0.25) is 0 Å². The molecule has 0 aliphatic rings. The van der Waals surface area contributed by atoms with Crippen LogP contribution in [0.4, 0.5) is 5.69 Å². The number of anilines is 1. The van der Waals surface area contributed by atoms with Gasteiger partial charge < -0.3 is 24.5 Å². The van der Waals surface area contributed by atoms with Crippen LogP contribution in [0, 0.1) is 0 Å². The molecular formula is C16H15BrN2O6. The molecule has 0 saturated heterocycles.